The molecular formula is C41H61N3O8Se. The number of alkyl carbamates (subject to hydrolysis) is 1. The number of ether oxygens (including phenoxy) is 3. The molecule has 2 N–H and O–H groups in total. The van der Waals surface area contributed by atoms with Crippen LogP contribution in [0.2, 0.25) is 5.32 Å². The molecule has 0 radical (unpaired) electrons. The normalized spacial score (nSPS) is 14.8. The second-order valence-corrected chi connectivity index (χ2v) is 16.9. The molecule has 0 heterocycles. The molecule has 1 aromatic rings. The molecule has 0 spiro atoms. The topological polar surface area (TPSA) is 140 Å². The standard InChI is InChI=1S/C41H61N3O8Se/c1-13-20-50-34(45)23-32(26-53-33-18-16-15-17-19-33)30(7)37(29(6)22-28(5)24-41(9,10)11)52-35(46)25-42-38(47)36(27(3)4)44(12)39(48)31(8)43-40(49)51-21-14-2/h13-19,22,24,27,30-32,36-37H,1-2,20-21,23,25-26H2,3-12H3,(H,42,47)(H,43,49)/b28-24+,29-22+/t30-,31+,32-,36+,37-/m1/s1. The van der Waals surface area contributed by atoms with Crippen molar-refractivity contribution in [3.63, 3.8) is 0 Å². The van der Waals surface area contributed by atoms with Crippen molar-refractivity contribution in [3.8, 4) is 0 Å². The van der Waals surface area contributed by atoms with E-state index in [1.165, 1.54) is 35.5 Å². The molecule has 0 aliphatic carbocycles. The molecule has 0 saturated heterocycles. The van der Waals surface area contributed by atoms with Gasteiger partial charge >= 0.3 is 272 Å². The third-order valence-corrected chi connectivity index (χ3v) is 10.7. The summed E-state index contributed by atoms with van der Waals surface area (Å²) in [5.41, 5.74) is 1.71. The van der Waals surface area contributed by atoms with E-state index in [-0.39, 0.29) is 63.7 Å². The van der Waals surface area contributed by atoms with Gasteiger partial charge in [-0.15, -0.1) is 0 Å². The first kappa shape index (κ1) is 46.9. The first-order valence-corrected chi connectivity index (χ1v) is 20.0. The second-order valence-electron chi connectivity index (χ2n) is 14.6. The number of amides is 3. The van der Waals surface area contributed by atoms with Crippen LogP contribution in [0.3, 0.4) is 0 Å². The summed E-state index contributed by atoms with van der Waals surface area (Å²) < 4.78 is 17.6. The van der Waals surface area contributed by atoms with Crippen LogP contribution in [0.5, 0.6) is 0 Å². The SMILES string of the molecule is C=CCOC(=O)C[C@H](C[Se]c1ccccc1)[C@@H](C)[C@H](OC(=O)CNC(=O)[C@H](C(C)C)N(C)C(=O)[C@H](C)NC(=O)OCC=C)/C(C)=C/C(C)=C/C(C)(C)C. The van der Waals surface area contributed by atoms with Gasteiger partial charge in [-0.25, -0.2) is 4.79 Å². The van der Waals surface area contributed by atoms with Gasteiger partial charge in [0.1, 0.15) is 12.6 Å². The van der Waals surface area contributed by atoms with Crippen molar-refractivity contribution in [2.45, 2.75) is 92.2 Å². The maximum absolute atomic E-state index is 13.5. The molecule has 11 nitrogen and oxygen atoms in total. The van der Waals surface area contributed by atoms with Crippen LogP contribution < -0.4 is 15.1 Å². The van der Waals surface area contributed by atoms with Crippen molar-refractivity contribution >= 4 is 49.3 Å². The van der Waals surface area contributed by atoms with Gasteiger partial charge in [-0.2, -0.15) is 0 Å². The van der Waals surface area contributed by atoms with Gasteiger partial charge in [0, 0.05) is 0 Å². The average molecular weight is 803 g/mol. The fraction of sp³-hybridized carbons (Fsp3) is 0.537. The summed E-state index contributed by atoms with van der Waals surface area (Å²) in [4.78, 5) is 66.3. The molecule has 53 heavy (non-hydrogen) atoms. The molecule has 1 aromatic carbocycles. The Kier molecular flexibility index (Phi) is 20.8. The molecule has 5 atom stereocenters. The Morgan fingerprint density at radius 1 is 0.925 bits per heavy atom. The molecule has 3 amide bonds. The zero-order valence-corrected chi connectivity index (χ0v) is 34.9. The minimum absolute atomic E-state index is 0.0186. The number of benzene rings is 1. The van der Waals surface area contributed by atoms with Crippen molar-refractivity contribution in [1.82, 2.24) is 15.5 Å². The van der Waals surface area contributed by atoms with Gasteiger partial charge < -0.3 is 10.1 Å². The Labute approximate surface area is 323 Å². The number of esters is 2. The van der Waals surface area contributed by atoms with Crippen molar-refractivity contribution in [3.05, 3.63) is 78.9 Å². The summed E-state index contributed by atoms with van der Waals surface area (Å²) in [5, 5.41) is 5.80. The van der Waals surface area contributed by atoms with E-state index < -0.39 is 48.6 Å². The van der Waals surface area contributed by atoms with Crippen LogP contribution in [0.15, 0.2) is 78.9 Å². The Bertz CT molecular complexity index is 1450. The number of likely N-dealkylation sites (N-methyl/N-ethyl adjacent to an activating group) is 1. The van der Waals surface area contributed by atoms with Crippen molar-refractivity contribution < 1.29 is 38.2 Å². The zero-order valence-electron chi connectivity index (χ0n) is 33.2. The summed E-state index contributed by atoms with van der Waals surface area (Å²) in [6, 6.07) is 8.14. The van der Waals surface area contributed by atoms with Crippen molar-refractivity contribution in [2.75, 3.05) is 26.8 Å². The molecule has 0 aromatic heterocycles. The van der Waals surface area contributed by atoms with Crippen molar-refractivity contribution in [2.24, 2.45) is 23.2 Å². The van der Waals surface area contributed by atoms with E-state index in [9.17, 15) is 24.0 Å². The maximum atomic E-state index is 13.5. The number of allylic oxidation sites excluding steroid dienone is 3. The number of carbonyl (C=O) groups is 5. The quantitative estimate of drug-likeness (QED) is 0.0542. The summed E-state index contributed by atoms with van der Waals surface area (Å²) >= 11 is 0.0371. The van der Waals surface area contributed by atoms with Crippen LogP contribution in [0.25, 0.3) is 0 Å². The van der Waals surface area contributed by atoms with Gasteiger partial charge in [-0.1, -0.05) is 12.7 Å². The number of nitrogens with one attached hydrogen (secondary N) is 2. The molecule has 12 heteroatoms. The molecule has 0 aliphatic rings. The van der Waals surface area contributed by atoms with Gasteiger partial charge in [0.2, 0.25) is 0 Å². The monoisotopic (exact) mass is 803 g/mol. The first-order chi connectivity index (χ1) is 24.8. The van der Waals surface area contributed by atoms with Gasteiger partial charge in [0.05, 0.1) is 0 Å². The van der Waals surface area contributed by atoms with Crippen LogP contribution in [0, 0.1) is 23.2 Å². The Morgan fingerprint density at radius 3 is 2.09 bits per heavy atom. The van der Waals surface area contributed by atoms with E-state index in [0.29, 0.717) is 5.32 Å². The summed E-state index contributed by atoms with van der Waals surface area (Å²) in [5.74, 6) is -2.91. The van der Waals surface area contributed by atoms with E-state index in [0.717, 1.165) is 11.1 Å². The Balaban J connectivity index is 3.31. The third-order valence-electron chi connectivity index (χ3n) is 8.15. The molecule has 0 unspecified atom stereocenters. The van der Waals surface area contributed by atoms with E-state index in [1.54, 1.807) is 13.8 Å². The van der Waals surface area contributed by atoms with Gasteiger partial charge in [-0.05, 0) is 6.92 Å². The predicted octanol–water partition coefficient (Wildman–Crippen LogP) is 5.56. The molecule has 0 bridgehead atoms. The Hall–Kier alpha value is -4.15. The number of hydrogen-bond acceptors (Lipinski definition) is 8. The van der Waals surface area contributed by atoms with Crippen LogP contribution in [-0.4, -0.2) is 94.7 Å². The van der Waals surface area contributed by atoms with Crippen LogP contribution >= 0.6 is 0 Å². The molecule has 0 fully saturated rings. The fourth-order valence-corrected chi connectivity index (χ4v) is 8.27. The number of hydrogen-bond donors (Lipinski definition) is 2. The van der Waals surface area contributed by atoms with Gasteiger partial charge in [0.25, 0.3) is 0 Å². The van der Waals surface area contributed by atoms with E-state index in [1.807, 2.05) is 45.0 Å². The third kappa shape index (κ3) is 18.0. The zero-order chi connectivity index (χ0) is 40.3. The fourth-order valence-electron chi connectivity index (χ4n) is 5.80. The predicted molar refractivity (Wildman–Crippen MR) is 210 cm³/mol. The van der Waals surface area contributed by atoms with Gasteiger partial charge in [-0.3, -0.25) is 4.79 Å². The molecule has 294 valence electrons. The molecule has 0 saturated carbocycles. The molecule has 1 rings (SSSR count). The van der Waals surface area contributed by atoms with Crippen LogP contribution in [0.1, 0.15) is 68.7 Å². The second kappa shape index (κ2) is 23.5. The number of nitrogens with zero attached hydrogens (tertiary/aromatic N) is 1. The van der Waals surface area contributed by atoms with E-state index in [2.05, 4.69) is 62.8 Å². The van der Waals surface area contributed by atoms with Crippen LogP contribution in [0.4, 0.5) is 4.79 Å². The minimum atomic E-state index is -0.977. The number of carbonyl (C=O) groups excluding carboxylic acids is 5. The van der Waals surface area contributed by atoms with Crippen LogP contribution in [-0.2, 0) is 33.4 Å². The van der Waals surface area contributed by atoms with E-state index in [4.69, 9.17) is 14.2 Å². The van der Waals surface area contributed by atoms with Gasteiger partial charge in [0.15, 0.2) is 0 Å². The van der Waals surface area contributed by atoms with Crippen molar-refractivity contribution in [1.29, 1.82) is 0 Å². The number of rotatable bonds is 21. The molecular weight excluding hydrogens is 741 g/mol. The molecule has 0 aliphatic heterocycles. The Morgan fingerprint density at radius 2 is 1.53 bits per heavy atom. The summed E-state index contributed by atoms with van der Waals surface area (Å²) in [6.45, 7) is 24.0. The summed E-state index contributed by atoms with van der Waals surface area (Å²) in [6.07, 6.45) is 5.68. The first-order valence-electron chi connectivity index (χ1n) is 17.9. The summed E-state index contributed by atoms with van der Waals surface area (Å²) in [7, 11) is 1.47. The average Bonchev–Trinajstić information content (AvgIpc) is 3.08. The van der Waals surface area contributed by atoms with E-state index >= 15 is 0 Å².